The smallest absolute Gasteiger partial charge is 0.387 e. The van der Waals surface area contributed by atoms with Crippen LogP contribution in [0.25, 0.3) is 22.2 Å². The summed E-state index contributed by atoms with van der Waals surface area (Å²) in [5.74, 6) is 1.19. The third-order valence-corrected chi connectivity index (χ3v) is 5.25. The van der Waals surface area contributed by atoms with Gasteiger partial charge in [0.25, 0.3) is 0 Å². The molecule has 1 aliphatic heterocycles. The van der Waals surface area contributed by atoms with Crippen molar-refractivity contribution >= 4 is 11.0 Å². The number of imidazole rings is 1. The number of rotatable bonds is 4. The van der Waals surface area contributed by atoms with E-state index in [1.165, 1.54) is 0 Å². The number of hydrogen-bond donors (Lipinski definition) is 0. The Balaban J connectivity index is 1.63. The van der Waals surface area contributed by atoms with E-state index in [2.05, 4.69) is 15.7 Å². The monoisotopic (exact) mass is 380 g/mol. The van der Waals surface area contributed by atoms with Crippen molar-refractivity contribution in [3.05, 3.63) is 66.2 Å². The Kier molecular flexibility index (Phi) is 3.89. The van der Waals surface area contributed by atoms with Gasteiger partial charge >= 0.3 is 6.61 Å². The van der Waals surface area contributed by atoms with Crippen molar-refractivity contribution in [3.63, 3.8) is 0 Å². The summed E-state index contributed by atoms with van der Waals surface area (Å²) >= 11 is 0. The summed E-state index contributed by atoms with van der Waals surface area (Å²) in [5, 5.41) is 4.24. The van der Waals surface area contributed by atoms with Gasteiger partial charge in [0.2, 0.25) is 0 Å². The highest BCUT2D eigenvalue weighted by Gasteiger charge is 2.29. The number of nitrogens with zero attached hydrogens (tertiary/aromatic N) is 4. The molecule has 0 bridgehead atoms. The quantitative estimate of drug-likeness (QED) is 0.521. The molecule has 3 heterocycles. The lowest BCUT2D eigenvalue weighted by atomic mass is 10.0. The Labute approximate surface area is 160 Å². The topological polar surface area (TPSA) is 44.9 Å². The summed E-state index contributed by atoms with van der Waals surface area (Å²) in [5.41, 5.74) is 4.72. The maximum Gasteiger partial charge on any atom is 0.387 e. The van der Waals surface area contributed by atoms with Crippen LogP contribution in [0.1, 0.15) is 23.9 Å². The fourth-order valence-corrected chi connectivity index (χ4v) is 4.07. The van der Waals surface area contributed by atoms with Gasteiger partial charge < -0.3 is 9.30 Å². The molecule has 2 aromatic carbocycles. The highest BCUT2D eigenvalue weighted by atomic mass is 19.3. The van der Waals surface area contributed by atoms with Crippen molar-refractivity contribution in [1.29, 1.82) is 0 Å². The fourth-order valence-electron chi connectivity index (χ4n) is 4.07. The van der Waals surface area contributed by atoms with E-state index in [1.807, 2.05) is 43.7 Å². The maximum absolute atomic E-state index is 12.9. The van der Waals surface area contributed by atoms with Crippen molar-refractivity contribution in [1.82, 2.24) is 19.3 Å². The Morgan fingerprint density at radius 2 is 2.00 bits per heavy atom. The van der Waals surface area contributed by atoms with Gasteiger partial charge in [-0.05, 0) is 30.2 Å². The number of para-hydroxylation sites is 1. The van der Waals surface area contributed by atoms with Crippen LogP contribution in [0, 0.1) is 0 Å². The first-order valence-corrected chi connectivity index (χ1v) is 9.14. The van der Waals surface area contributed by atoms with E-state index < -0.39 is 6.61 Å². The van der Waals surface area contributed by atoms with Crippen LogP contribution in [0.4, 0.5) is 8.78 Å². The SMILES string of the molecule is Cn1cc(-c2ccc3nc4n(c3c2)[C@H](c2ccccc2OC(F)F)CC4)cn1. The molecular weight excluding hydrogens is 362 g/mol. The van der Waals surface area contributed by atoms with E-state index in [1.54, 1.807) is 16.8 Å². The molecule has 28 heavy (non-hydrogen) atoms. The zero-order valence-electron chi connectivity index (χ0n) is 15.2. The number of halogens is 2. The summed E-state index contributed by atoms with van der Waals surface area (Å²) in [6.07, 6.45) is 5.39. The molecule has 0 N–H and O–H groups in total. The Bertz CT molecular complexity index is 1160. The Morgan fingerprint density at radius 1 is 1.14 bits per heavy atom. The minimum Gasteiger partial charge on any atom is -0.434 e. The summed E-state index contributed by atoms with van der Waals surface area (Å²) in [6, 6.07) is 13.1. The predicted molar refractivity (Wildman–Crippen MR) is 101 cm³/mol. The highest BCUT2D eigenvalue weighted by molar-refractivity contribution is 5.83. The number of ether oxygens (including phenoxy) is 1. The molecule has 4 aromatic rings. The van der Waals surface area contributed by atoms with Crippen LogP contribution in [-0.2, 0) is 13.5 Å². The summed E-state index contributed by atoms with van der Waals surface area (Å²) in [7, 11) is 1.88. The predicted octanol–water partition coefficient (Wildman–Crippen LogP) is 4.57. The van der Waals surface area contributed by atoms with Crippen LogP contribution in [0.5, 0.6) is 5.75 Å². The molecule has 5 rings (SSSR count). The van der Waals surface area contributed by atoms with E-state index in [9.17, 15) is 8.78 Å². The van der Waals surface area contributed by atoms with E-state index in [-0.39, 0.29) is 11.8 Å². The van der Waals surface area contributed by atoms with Gasteiger partial charge in [0.15, 0.2) is 0 Å². The Hall–Kier alpha value is -3.22. The van der Waals surface area contributed by atoms with E-state index >= 15 is 0 Å². The second-order valence-corrected chi connectivity index (χ2v) is 6.98. The molecule has 2 aromatic heterocycles. The van der Waals surface area contributed by atoms with Crippen LogP contribution in [0.15, 0.2) is 54.9 Å². The number of aryl methyl sites for hydroxylation is 2. The average Bonchev–Trinajstić information content (AvgIpc) is 3.36. The first-order chi connectivity index (χ1) is 13.6. The van der Waals surface area contributed by atoms with Crippen molar-refractivity contribution < 1.29 is 13.5 Å². The zero-order chi connectivity index (χ0) is 19.3. The molecule has 0 radical (unpaired) electrons. The highest BCUT2D eigenvalue weighted by Crippen LogP contribution is 2.40. The first-order valence-electron chi connectivity index (χ1n) is 9.14. The third kappa shape index (κ3) is 2.74. The van der Waals surface area contributed by atoms with Crippen molar-refractivity contribution in [2.24, 2.45) is 7.05 Å². The minimum atomic E-state index is -2.85. The standard InChI is InChI=1S/C21H18F2N4O/c1-26-12-14(11-24-26)13-6-7-16-18(10-13)27-17(8-9-20(27)25-16)15-4-2-3-5-19(15)28-21(22)23/h2-7,10-12,17,21H,8-9H2,1H3/t17-/m0/s1. The molecule has 0 spiro atoms. The largest absolute Gasteiger partial charge is 0.434 e. The zero-order valence-corrected chi connectivity index (χ0v) is 15.2. The van der Waals surface area contributed by atoms with E-state index in [4.69, 9.17) is 9.72 Å². The molecule has 0 unspecified atom stereocenters. The van der Waals surface area contributed by atoms with E-state index in [0.29, 0.717) is 0 Å². The van der Waals surface area contributed by atoms with Gasteiger partial charge in [-0.3, -0.25) is 4.68 Å². The molecule has 0 saturated heterocycles. The van der Waals surface area contributed by atoms with Crippen LogP contribution in [-0.4, -0.2) is 25.9 Å². The molecule has 0 fully saturated rings. The average molecular weight is 380 g/mol. The van der Waals surface area contributed by atoms with Gasteiger partial charge in [-0.25, -0.2) is 4.98 Å². The third-order valence-electron chi connectivity index (χ3n) is 5.25. The molecule has 7 heteroatoms. The van der Waals surface area contributed by atoms with Gasteiger partial charge in [-0.2, -0.15) is 13.9 Å². The summed E-state index contributed by atoms with van der Waals surface area (Å²) in [6.45, 7) is -2.85. The summed E-state index contributed by atoms with van der Waals surface area (Å²) < 4.78 is 34.4. The molecule has 0 saturated carbocycles. The maximum atomic E-state index is 12.9. The van der Waals surface area contributed by atoms with Gasteiger partial charge in [-0.15, -0.1) is 0 Å². The second kappa shape index (κ2) is 6.44. The van der Waals surface area contributed by atoms with Crippen molar-refractivity contribution in [3.8, 4) is 16.9 Å². The molecule has 5 nitrogen and oxygen atoms in total. The fraction of sp³-hybridized carbons (Fsp3) is 0.238. The molecule has 0 aliphatic carbocycles. The molecule has 1 atom stereocenters. The van der Waals surface area contributed by atoms with Crippen molar-refractivity contribution in [2.45, 2.75) is 25.5 Å². The van der Waals surface area contributed by atoms with Gasteiger partial charge in [0, 0.05) is 30.8 Å². The molecular formula is C21H18F2N4O. The summed E-state index contributed by atoms with van der Waals surface area (Å²) in [4.78, 5) is 4.75. The lowest BCUT2D eigenvalue weighted by Crippen LogP contribution is -2.10. The number of fused-ring (bicyclic) bond motifs is 3. The van der Waals surface area contributed by atoms with Crippen LogP contribution in [0.2, 0.25) is 0 Å². The lowest BCUT2D eigenvalue weighted by molar-refractivity contribution is -0.0506. The van der Waals surface area contributed by atoms with Crippen molar-refractivity contribution in [2.75, 3.05) is 0 Å². The van der Waals surface area contributed by atoms with Gasteiger partial charge in [0.05, 0.1) is 23.3 Å². The minimum absolute atomic E-state index is 0.0842. The number of benzene rings is 2. The number of alkyl halides is 2. The van der Waals surface area contributed by atoms with Gasteiger partial charge in [0.1, 0.15) is 11.6 Å². The van der Waals surface area contributed by atoms with Crippen LogP contribution >= 0.6 is 0 Å². The number of aromatic nitrogens is 4. The lowest BCUT2D eigenvalue weighted by Gasteiger charge is -2.19. The molecule has 0 amide bonds. The van der Waals surface area contributed by atoms with E-state index in [0.717, 1.165) is 46.4 Å². The second-order valence-electron chi connectivity index (χ2n) is 6.98. The normalized spacial score (nSPS) is 16.1. The first kappa shape index (κ1) is 16.9. The molecule has 142 valence electrons. The van der Waals surface area contributed by atoms with Crippen LogP contribution < -0.4 is 4.74 Å². The Morgan fingerprint density at radius 3 is 2.79 bits per heavy atom. The molecule has 1 aliphatic rings. The number of hydrogen-bond acceptors (Lipinski definition) is 3. The van der Waals surface area contributed by atoms with Gasteiger partial charge in [-0.1, -0.05) is 24.3 Å². The van der Waals surface area contributed by atoms with Crippen LogP contribution in [0.3, 0.4) is 0 Å².